The van der Waals surface area contributed by atoms with Gasteiger partial charge in [-0.2, -0.15) is 0 Å². The third-order valence-electron chi connectivity index (χ3n) is 5.84. The Morgan fingerprint density at radius 3 is 1.42 bits per heavy atom. The maximum atomic E-state index is 12.4. The van der Waals surface area contributed by atoms with Crippen molar-refractivity contribution in [3.05, 3.63) is 59.7 Å². The van der Waals surface area contributed by atoms with Crippen LogP contribution in [0, 0.1) is 25.7 Å². The van der Waals surface area contributed by atoms with Gasteiger partial charge in [-0.15, -0.1) is 0 Å². The Kier molecular flexibility index (Phi) is 9.67. The van der Waals surface area contributed by atoms with E-state index in [2.05, 4.69) is 21.7 Å². The van der Waals surface area contributed by atoms with E-state index >= 15 is 0 Å². The Morgan fingerprint density at radius 2 is 1.06 bits per heavy atom. The second-order valence-electron chi connectivity index (χ2n) is 8.83. The molecular formula is C26H32N4O6. The van der Waals surface area contributed by atoms with Crippen molar-refractivity contribution in [2.75, 3.05) is 13.2 Å². The third-order valence-corrected chi connectivity index (χ3v) is 5.84. The second-order valence-corrected chi connectivity index (χ2v) is 8.83. The summed E-state index contributed by atoms with van der Waals surface area (Å²) >= 11 is 0. The Bertz CT molecular complexity index is 996. The molecule has 1 aliphatic rings. The SMILES string of the molecule is Cc1cccc(OCC(=O)NNC(=O)C2CCC(C(=O)NNC(=O)COc3cccc(C)c3)CC2)c1. The Hall–Kier alpha value is -4.08. The van der Waals surface area contributed by atoms with Gasteiger partial charge < -0.3 is 9.47 Å². The lowest BCUT2D eigenvalue weighted by molar-refractivity contribution is -0.135. The van der Waals surface area contributed by atoms with Crippen LogP contribution >= 0.6 is 0 Å². The molecule has 0 aromatic heterocycles. The minimum Gasteiger partial charge on any atom is -0.484 e. The molecule has 1 aliphatic carbocycles. The molecule has 0 atom stereocenters. The van der Waals surface area contributed by atoms with E-state index in [-0.39, 0.29) is 36.9 Å². The van der Waals surface area contributed by atoms with Gasteiger partial charge in [0, 0.05) is 11.8 Å². The molecule has 0 heterocycles. The molecule has 0 bridgehead atoms. The summed E-state index contributed by atoms with van der Waals surface area (Å²) in [6.45, 7) is 3.39. The van der Waals surface area contributed by atoms with Crippen LogP contribution in [0.1, 0.15) is 36.8 Å². The number of amides is 4. The lowest BCUT2D eigenvalue weighted by Crippen LogP contribution is -2.48. The van der Waals surface area contributed by atoms with E-state index in [1.54, 1.807) is 12.1 Å². The van der Waals surface area contributed by atoms with Crippen molar-refractivity contribution in [2.45, 2.75) is 39.5 Å². The largest absolute Gasteiger partial charge is 0.484 e. The summed E-state index contributed by atoms with van der Waals surface area (Å²) in [4.78, 5) is 48.7. The Morgan fingerprint density at radius 1 is 0.667 bits per heavy atom. The number of rotatable bonds is 8. The summed E-state index contributed by atoms with van der Waals surface area (Å²) in [6.07, 6.45) is 1.96. The Balaban J connectivity index is 1.29. The molecule has 2 aromatic rings. The molecule has 0 spiro atoms. The molecule has 4 N–H and O–H groups in total. The van der Waals surface area contributed by atoms with Crippen LogP contribution in [0.2, 0.25) is 0 Å². The highest BCUT2D eigenvalue weighted by molar-refractivity contribution is 5.85. The van der Waals surface area contributed by atoms with Gasteiger partial charge in [0.1, 0.15) is 11.5 Å². The molecule has 36 heavy (non-hydrogen) atoms. The summed E-state index contributed by atoms with van der Waals surface area (Å²) < 4.78 is 10.8. The second kappa shape index (κ2) is 13.1. The average molecular weight is 497 g/mol. The molecule has 0 saturated heterocycles. The minimum atomic E-state index is -0.472. The molecule has 0 radical (unpaired) electrons. The van der Waals surface area contributed by atoms with Gasteiger partial charge in [-0.05, 0) is 74.9 Å². The molecule has 0 unspecified atom stereocenters. The number of benzene rings is 2. The van der Waals surface area contributed by atoms with Gasteiger partial charge >= 0.3 is 0 Å². The van der Waals surface area contributed by atoms with Gasteiger partial charge in [-0.3, -0.25) is 40.9 Å². The Labute approximate surface area is 210 Å². The lowest BCUT2D eigenvalue weighted by Gasteiger charge is -2.27. The summed E-state index contributed by atoms with van der Waals surface area (Å²) in [5, 5.41) is 0. The number of hydrogen-bond donors (Lipinski definition) is 4. The quantitative estimate of drug-likeness (QED) is 0.412. The molecule has 1 fully saturated rings. The van der Waals surface area contributed by atoms with Gasteiger partial charge in [0.25, 0.3) is 11.8 Å². The predicted molar refractivity (Wildman–Crippen MR) is 131 cm³/mol. The summed E-state index contributed by atoms with van der Waals surface area (Å²) in [6, 6.07) is 14.6. The van der Waals surface area contributed by atoms with Crippen molar-refractivity contribution in [1.29, 1.82) is 0 Å². The van der Waals surface area contributed by atoms with E-state index in [1.807, 2.05) is 50.2 Å². The fraction of sp³-hybridized carbons (Fsp3) is 0.385. The zero-order valence-electron chi connectivity index (χ0n) is 20.5. The van der Waals surface area contributed by atoms with Crippen LogP contribution in [-0.2, 0) is 19.2 Å². The number of aryl methyl sites for hydroxylation is 2. The van der Waals surface area contributed by atoms with E-state index in [9.17, 15) is 19.2 Å². The molecular weight excluding hydrogens is 464 g/mol. The fourth-order valence-electron chi connectivity index (χ4n) is 3.86. The number of carbonyl (C=O) groups is 4. The number of ether oxygens (including phenoxy) is 2. The highest BCUT2D eigenvalue weighted by Crippen LogP contribution is 2.28. The van der Waals surface area contributed by atoms with E-state index in [0.29, 0.717) is 37.2 Å². The first-order valence-corrected chi connectivity index (χ1v) is 11.9. The van der Waals surface area contributed by atoms with Gasteiger partial charge in [0.05, 0.1) is 0 Å². The highest BCUT2D eigenvalue weighted by Gasteiger charge is 2.30. The normalized spacial score (nSPS) is 16.8. The van der Waals surface area contributed by atoms with Crippen molar-refractivity contribution in [3.63, 3.8) is 0 Å². The van der Waals surface area contributed by atoms with Crippen LogP contribution in [0.3, 0.4) is 0 Å². The first-order valence-electron chi connectivity index (χ1n) is 11.9. The van der Waals surface area contributed by atoms with Crippen LogP contribution in [0.4, 0.5) is 0 Å². The van der Waals surface area contributed by atoms with Crippen molar-refractivity contribution in [1.82, 2.24) is 21.7 Å². The maximum absolute atomic E-state index is 12.4. The van der Waals surface area contributed by atoms with Crippen molar-refractivity contribution in [2.24, 2.45) is 11.8 Å². The molecule has 10 nitrogen and oxygen atoms in total. The van der Waals surface area contributed by atoms with Crippen molar-refractivity contribution < 1.29 is 28.7 Å². The summed E-state index contributed by atoms with van der Waals surface area (Å²) in [7, 11) is 0. The van der Waals surface area contributed by atoms with Gasteiger partial charge in [0.15, 0.2) is 13.2 Å². The zero-order chi connectivity index (χ0) is 25.9. The fourth-order valence-corrected chi connectivity index (χ4v) is 3.86. The average Bonchev–Trinajstić information content (AvgIpc) is 2.88. The standard InChI is InChI=1S/C26H32N4O6/c1-17-5-3-7-21(13-17)35-15-23(31)27-29-25(33)19-9-11-20(12-10-19)26(34)30-28-24(32)16-36-22-8-4-6-18(2)14-22/h3-8,13-14,19-20H,9-12,15-16H2,1-2H3,(H,27,31)(H,28,32)(H,29,33)(H,30,34). The molecule has 1 saturated carbocycles. The molecule has 0 aliphatic heterocycles. The van der Waals surface area contributed by atoms with Crippen LogP contribution in [0.15, 0.2) is 48.5 Å². The molecule has 10 heteroatoms. The first-order chi connectivity index (χ1) is 17.3. The van der Waals surface area contributed by atoms with Gasteiger partial charge in [-0.25, -0.2) is 0 Å². The van der Waals surface area contributed by atoms with E-state index in [0.717, 1.165) is 11.1 Å². The van der Waals surface area contributed by atoms with Crippen LogP contribution in [0.5, 0.6) is 11.5 Å². The van der Waals surface area contributed by atoms with Crippen LogP contribution in [0.25, 0.3) is 0 Å². The van der Waals surface area contributed by atoms with E-state index in [1.165, 1.54) is 0 Å². The van der Waals surface area contributed by atoms with Gasteiger partial charge in [0.2, 0.25) is 11.8 Å². The molecule has 192 valence electrons. The maximum Gasteiger partial charge on any atom is 0.276 e. The van der Waals surface area contributed by atoms with Crippen molar-refractivity contribution >= 4 is 23.6 Å². The van der Waals surface area contributed by atoms with Crippen molar-refractivity contribution in [3.8, 4) is 11.5 Å². The molecule has 3 rings (SSSR count). The van der Waals surface area contributed by atoms with E-state index in [4.69, 9.17) is 9.47 Å². The number of hydrogen-bond acceptors (Lipinski definition) is 6. The molecule has 4 amide bonds. The molecule has 2 aromatic carbocycles. The summed E-state index contributed by atoms with van der Waals surface area (Å²) in [5.41, 5.74) is 11.6. The topological polar surface area (TPSA) is 135 Å². The summed E-state index contributed by atoms with van der Waals surface area (Å²) in [5.74, 6) is -1.04. The number of carbonyl (C=O) groups excluding carboxylic acids is 4. The monoisotopic (exact) mass is 496 g/mol. The number of hydrazine groups is 2. The van der Waals surface area contributed by atoms with Crippen LogP contribution < -0.4 is 31.2 Å². The zero-order valence-corrected chi connectivity index (χ0v) is 20.5. The predicted octanol–water partition coefficient (Wildman–Crippen LogP) is 1.86. The minimum absolute atomic E-state index is 0.224. The van der Waals surface area contributed by atoms with Gasteiger partial charge in [-0.1, -0.05) is 24.3 Å². The smallest absolute Gasteiger partial charge is 0.276 e. The number of nitrogens with one attached hydrogen (secondary N) is 4. The lowest BCUT2D eigenvalue weighted by atomic mass is 9.81. The van der Waals surface area contributed by atoms with E-state index < -0.39 is 11.8 Å². The third kappa shape index (κ3) is 8.61. The highest BCUT2D eigenvalue weighted by atomic mass is 16.5. The first kappa shape index (κ1) is 26.5. The van der Waals surface area contributed by atoms with Crippen LogP contribution in [-0.4, -0.2) is 36.8 Å².